The van der Waals surface area contributed by atoms with Crippen LogP contribution in [0.3, 0.4) is 0 Å². The molecule has 4 rings (SSSR count). The van der Waals surface area contributed by atoms with Crippen LogP contribution in [0.5, 0.6) is 5.75 Å². The standard InChI is InChI=1S/C27H22F2N4O8/c28-18-11-17(12-19(29)14-18)26(37)31-9-10-32(27(38)41-21-7-2-1-3-8-21)25(31)24(36)30-22(15-23(34)35)16-5-4-6-20(13-16)33(39)40/h1-8,11-14,22,25H,9-10,15H2,(H,30,36)(H,34,35). The molecule has 0 bridgehead atoms. The summed E-state index contributed by atoms with van der Waals surface area (Å²) >= 11 is 0. The van der Waals surface area contributed by atoms with E-state index in [2.05, 4.69) is 5.32 Å². The molecule has 1 saturated heterocycles. The second kappa shape index (κ2) is 12.2. The van der Waals surface area contributed by atoms with Crippen LogP contribution in [0, 0.1) is 21.7 Å². The third-order valence-corrected chi connectivity index (χ3v) is 6.14. The Morgan fingerprint density at radius 1 is 0.976 bits per heavy atom. The topological polar surface area (TPSA) is 159 Å². The number of non-ortho nitro benzene ring substituents is 1. The van der Waals surface area contributed by atoms with E-state index in [4.69, 9.17) is 4.74 Å². The van der Waals surface area contributed by atoms with Crippen molar-refractivity contribution in [2.45, 2.75) is 18.6 Å². The number of nitrogens with zero attached hydrogens (tertiary/aromatic N) is 3. The minimum absolute atomic E-state index is 0.0800. The number of nitro groups is 1. The maximum Gasteiger partial charge on any atom is 0.417 e. The van der Waals surface area contributed by atoms with Gasteiger partial charge in [-0.2, -0.15) is 0 Å². The molecule has 0 radical (unpaired) electrons. The molecular formula is C27H22F2N4O8. The summed E-state index contributed by atoms with van der Waals surface area (Å²) in [6.07, 6.45) is -3.45. The van der Waals surface area contributed by atoms with Crippen LogP contribution >= 0.6 is 0 Å². The van der Waals surface area contributed by atoms with E-state index in [-0.39, 0.29) is 30.1 Å². The molecule has 12 nitrogen and oxygen atoms in total. The van der Waals surface area contributed by atoms with Gasteiger partial charge in [-0.1, -0.05) is 30.3 Å². The number of carboxylic acids is 1. The van der Waals surface area contributed by atoms with Crippen LogP contribution in [0.25, 0.3) is 0 Å². The molecule has 2 unspecified atom stereocenters. The molecule has 0 spiro atoms. The fourth-order valence-electron chi connectivity index (χ4n) is 4.33. The molecule has 1 aliphatic rings. The number of hydrogen-bond acceptors (Lipinski definition) is 7. The van der Waals surface area contributed by atoms with E-state index in [0.717, 1.165) is 28.0 Å². The lowest BCUT2D eigenvalue weighted by Crippen LogP contribution is -2.55. The van der Waals surface area contributed by atoms with Gasteiger partial charge in [0.05, 0.1) is 17.4 Å². The Bertz CT molecular complexity index is 1480. The number of carboxylic acid groups (broad SMARTS) is 1. The van der Waals surface area contributed by atoms with Crippen molar-refractivity contribution in [2.75, 3.05) is 13.1 Å². The molecule has 1 fully saturated rings. The van der Waals surface area contributed by atoms with E-state index in [1.165, 1.54) is 30.3 Å². The van der Waals surface area contributed by atoms with Gasteiger partial charge in [0.25, 0.3) is 17.5 Å². The van der Waals surface area contributed by atoms with E-state index in [0.29, 0.717) is 6.07 Å². The average molecular weight is 568 g/mol. The number of ether oxygens (including phenoxy) is 1. The Balaban J connectivity index is 1.68. The van der Waals surface area contributed by atoms with Crippen molar-refractivity contribution < 1.29 is 42.7 Å². The highest BCUT2D eigenvalue weighted by Gasteiger charge is 2.44. The Hall–Kier alpha value is -5.40. The summed E-state index contributed by atoms with van der Waals surface area (Å²) in [4.78, 5) is 64.0. The molecule has 3 aromatic carbocycles. The minimum atomic E-state index is -1.72. The van der Waals surface area contributed by atoms with Crippen LogP contribution in [0.4, 0.5) is 19.3 Å². The normalized spacial score (nSPS) is 15.2. The Labute approximate surface area is 230 Å². The van der Waals surface area contributed by atoms with Crippen LogP contribution < -0.4 is 10.1 Å². The van der Waals surface area contributed by atoms with Crippen molar-refractivity contribution in [3.63, 3.8) is 0 Å². The zero-order valence-corrected chi connectivity index (χ0v) is 21.1. The Kier molecular flexibility index (Phi) is 8.51. The van der Waals surface area contributed by atoms with Crippen molar-refractivity contribution in [3.8, 4) is 5.75 Å². The van der Waals surface area contributed by atoms with Gasteiger partial charge in [0.15, 0.2) is 6.17 Å². The summed E-state index contributed by atoms with van der Waals surface area (Å²) in [7, 11) is 0. The van der Waals surface area contributed by atoms with Crippen molar-refractivity contribution in [1.29, 1.82) is 0 Å². The van der Waals surface area contributed by atoms with Gasteiger partial charge in [-0.25, -0.2) is 13.6 Å². The van der Waals surface area contributed by atoms with Crippen molar-refractivity contribution >= 4 is 29.6 Å². The second-order valence-electron chi connectivity index (χ2n) is 8.92. The highest BCUT2D eigenvalue weighted by molar-refractivity contribution is 5.99. The van der Waals surface area contributed by atoms with E-state index >= 15 is 0 Å². The number of nitrogens with one attached hydrogen (secondary N) is 1. The first kappa shape index (κ1) is 28.6. The fraction of sp³-hybridized carbons (Fsp3) is 0.185. The molecule has 3 amide bonds. The van der Waals surface area contributed by atoms with Crippen molar-refractivity contribution in [2.24, 2.45) is 0 Å². The summed E-state index contributed by atoms with van der Waals surface area (Å²) in [5, 5.41) is 23.1. The summed E-state index contributed by atoms with van der Waals surface area (Å²) < 4.78 is 33.1. The van der Waals surface area contributed by atoms with Gasteiger partial charge in [0.2, 0.25) is 0 Å². The van der Waals surface area contributed by atoms with Gasteiger partial charge in [0, 0.05) is 36.9 Å². The molecule has 0 saturated carbocycles. The van der Waals surface area contributed by atoms with Gasteiger partial charge in [-0.3, -0.25) is 29.4 Å². The predicted molar refractivity (Wildman–Crippen MR) is 137 cm³/mol. The highest BCUT2D eigenvalue weighted by Crippen LogP contribution is 2.26. The third kappa shape index (κ3) is 6.79. The van der Waals surface area contributed by atoms with Crippen LogP contribution in [0.1, 0.15) is 28.4 Å². The number of nitro benzene ring substituents is 1. The average Bonchev–Trinajstić information content (AvgIpc) is 3.38. The van der Waals surface area contributed by atoms with Crippen LogP contribution in [0.15, 0.2) is 72.8 Å². The lowest BCUT2D eigenvalue weighted by molar-refractivity contribution is -0.384. The van der Waals surface area contributed by atoms with E-state index in [9.17, 15) is 43.2 Å². The minimum Gasteiger partial charge on any atom is -0.481 e. The third-order valence-electron chi connectivity index (χ3n) is 6.14. The Morgan fingerprint density at radius 2 is 1.63 bits per heavy atom. The quantitative estimate of drug-likeness (QED) is 0.309. The summed E-state index contributed by atoms with van der Waals surface area (Å²) in [5.74, 6) is -5.31. The number of para-hydroxylation sites is 1. The predicted octanol–water partition coefficient (Wildman–Crippen LogP) is 3.49. The molecule has 3 aromatic rings. The van der Waals surface area contributed by atoms with Gasteiger partial charge in [0.1, 0.15) is 17.4 Å². The highest BCUT2D eigenvalue weighted by atomic mass is 19.1. The first-order valence-corrected chi connectivity index (χ1v) is 12.1. The zero-order valence-electron chi connectivity index (χ0n) is 21.1. The van der Waals surface area contributed by atoms with E-state index < -0.39 is 64.6 Å². The van der Waals surface area contributed by atoms with Crippen LogP contribution in [-0.2, 0) is 9.59 Å². The van der Waals surface area contributed by atoms with Crippen molar-refractivity contribution in [1.82, 2.24) is 15.1 Å². The molecule has 41 heavy (non-hydrogen) atoms. The lowest BCUT2D eigenvalue weighted by Gasteiger charge is -2.30. The van der Waals surface area contributed by atoms with E-state index in [1.807, 2.05) is 0 Å². The molecule has 2 atom stereocenters. The number of carbonyl (C=O) groups is 4. The summed E-state index contributed by atoms with van der Waals surface area (Å²) in [5.41, 5.74) is -0.707. The van der Waals surface area contributed by atoms with E-state index in [1.54, 1.807) is 18.2 Å². The smallest absolute Gasteiger partial charge is 0.417 e. The van der Waals surface area contributed by atoms with Crippen LogP contribution in [-0.4, -0.2) is 63.0 Å². The monoisotopic (exact) mass is 568 g/mol. The molecule has 1 aliphatic heterocycles. The number of halogens is 2. The fourth-order valence-corrected chi connectivity index (χ4v) is 4.33. The van der Waals surface area contributed by atoms with Gasteiger partial charge in [-0.15, -0.1) is 0 Å². The number of hydrogen-bond donors (Lipinski definition) is 2. The number of carbonyl (C=O) groups excluding carboxylic acids is 3. The molecule has 14 heteroatoms. The summed E-state index contributed by atoms with van der Waals surface area (Å²) in [6, 6.07) is 13.6. The number of aliphatic carboxylic acids is 1. The number of amides is 3. The van der Waals surface area contributed by atoms with Gasteiger partial charge >= 0.3 is 12.1 Å². The summed E-state index contributed by atoms with van der Waals surface area (Å²) in [6.45, 7) is -0.451. The SMILES string of the molecule is O=C(O)CC(NC(=O)C1N(C(=O)Oc2ccccc2)CCN1C(=O)c1cc(F)cc(F)c1)c1cccc([N+](=O)[O-])c1. The first-order chi connectivity index (χ1) is 19.5. The zero-order chi connectivity index (χ0) is 29.7. The molecule has 0 aromatic heterocycles. The molecule has 2 N–H and O–H groups in total. The van der Waals surface area contributed by atoms with Crippen LogP contribution in [0.2, 0.25) is 0 Å². The van der Waals surface area contributed by atoms with Crippen molar-refractivity contribution in [3.05, 3.63) is 106 Å². The maximum atomic E-state index is 13.9. The largest absolute Gasteiger partial charge is 0.481 e. The molecule has 0 aliphatic carbocycles. The first-order valence-electron chi connectivity index (χ1n) is 12.1. The van der Waals surface area contributed by atoms with Gasteiger partial charge in [-0.05, 0) is 29.8 Å². The van der Waals surface area contributed by atoms with Gasteiger partial charge < -0.3 is 20.1 Å². The Morgan fingerprint density at radius 3 is 2.27 bits per heavy atom. The number of rotatable bonds is 8. The second-order valence-corrected chi connectivity index (χ2v) is 8.92. The molecule has 1 heterocycles. The number of benzene rings is 3. The molecular weight excluding hydrogens is 546 g/mol. The molecule has 212 valence electrons. The maximum absolute atomic E-state index is 13.9. The lowest BCUT2D eigenvalue weighted by atomic mass is 10.0.